The number of nitrogens with two attached hydrogens (primary N) is 1. The molecule has 0 aliphatic heterocycles. The van der Waals surface area contributed by atoms with E-state index in [1.165, 1.54) is 29.7 Å². The molecule has 0 saturated carbocycles. The molecule has 6 nitrogen and oxygen atoms in total. The van der Waals surface area contributed by atoms with Gasteiger partial charge in [0.15, 0.2) is 11.6 Å². The Hall–Kier alpha value is -3.72. The SMILES string of the molecule is C.CCOC(=O)c1cnc(N)c2c(COc3cccc(OCc4cccc(F)c4F)c3)csc12. The Labute approximate surface area is 199 Å². The second kappa shape index (κ2) is 10.9. The van der Waals surface area contributed by atoms with Crippen LogP contribution < -0.4 is 15.2 Å². The molecule has 0 amide bonds. The molecule has 2 aromatic carbocycles. The summed E-state index contributed by atoms with van der Waals surface area (Å²) in [6.45, 7) is 2.05. The molecular formula is C25H24F2N2O4S. The van der Waals surface area contributed by atoms with E-state index in [0.717, 1.165) is 11.6 Å². The summed E-state index contributed by atoms with van der Waals surface area (Å²) in [6, 6.07) is 10.8. The van der Waals surface area contributed by atoms with Crippen LogP contribution in [0.4, 0.5) is 14.6 Å². The number of carbonyl (C=O) groups excluding carboxylic acids is 1. The monoisotopic (exact) mass is 486 g/mol. The summed E-state index contributed by atoms with van der Waals surface area (Å²) >= 11 is 1.36. The van der Waals surface area contributed by atoms with E-state index in [1.54, 1.807) is 31.2 Å². The minimum absolute atomic E-state index is 0. The number of halogens is 2. The Morgan fingerprint density at radius 1 is 1.06 bits per heavy atom. The molecular weight excluding hydrogens is 462 g/mol. The highest BCUT2D eigenvalue weighted by molar-refractivity contribution is 7.17. The molecule has 2 N–H and O–H groups in total. The molecule has 0 radical (unpaired) electrons. The van der Waals surface area contributed by atoms with Gasteiger partial charge in [0.1, 0.15) is 30.5 Å². The predicted molar refractivity (Wildman–Crippen MR) is 128 cm³/mol. The highest BCUT2D eigenvalue weighted by Crippen LogP contribution is 2.33. The number of ether oxygens (including phenoxy) is 3. The van der Waals surface area contributed by atoms with Crippen molar-refractivity contribution in [3.8, 4) is 11.5 Å². The largest absolute Gasteiger partial charge is 0.489 e. The Balaban J connectivity index is 0.00000324. The lowest BCUT2D eigenvalue weighted by molar-refractivity contribution is 0.0528. The standard InChI is InChI=1S/C24H20F2N2O4S.CH4/c1-2-30-24(29)18-10-28-23(27)20-15(13-33-22(18)20)12-32-17-7-4-6-16(9-17)31-11-14-5-3-8-19(25)21(14)26;/h3-10,13H,2,11-12H2,1H3,(H2,27,28);1H4. The molecule has 0 aliphatic carbocycles. The predicted octanol–water partition coefficient (Wildman–Crippen LogP) is 6.13. The summed E-state index contributed by atoms with van der Waals surface area (Å²) in [5.74, 6) is -1.05. The number of hydrogen-bond acceptors (Lipinski definition) is 7. The molecule has 34 heavy (non-hydrogen) atoms. The third-order valence-corrected chi connectivity index (χ3v) is 5.88. The highest BCUT2D eigenvalue weighted by Gasteiger charge is 2.18. The Kier molecular flexibility index (Phi) is 8.01. The van der Waals surface area contributed by atoms with E-state index in [2.05, 4.69) is 4.98 Å². The van der Waals surface area contributed by atoms with Crippen LogP contribution >= 0.6 is 11.3 Å². The second-order valence-electron chi connectivity index (χ2n) is 7.01. The van der Waals surface area contributed by atoms with Crippen LogP contribution in [-0.2, 0) is 18.0 Å². The average molecular weight is 487 g/mol. The summed E-state index contributed by atoms with van der Waals surface area (Å²) in [5, 5.41) is 2.51. The lowest BCUT2D eigenvalue weighted by atomic mass is 10.1. The molecule has 2 heterocycles. The van der Waals surface area contributed by atoms with Gasteiger partial charge in [-0.05, 0) is 30.5 Å². The van der Waals surface area contributed by atoms with Gasteiger partial charge in [-0.3, -0.25) is 0 Å². The number of aromatic nitrogens is 1. The van der Waals surface area contributed by atoms with Gasteiger partial charge in [-0.1, -0.05) is 25.6 Å². The van der Waals surface area contributed by atoms with Crippen molar-refractivity contribution in [3.05, 3.63) is 82.4 Å². The lowest BCUT2D eigenvalue weighted by Gasteiger charge is -2.11. The first-order chi connectivity index (χ1) is 16.0. The summed E-state index contributed by atoms with van der Waals surface area (Å²) in [6.07, 6.45) is 1.42. The highest BCUT2D eigenvalue weighted by atomic mass is 32.1. The average Bonchev–Trinajstić information content (AvgIpc) is 3.24. The molecule has 0 unspecified atom stereocenters. The number of carbonyl (C=O) groups is 1. The Bertz CT molecular complexity index is 1310. The zero-order valence-electron chi connectivity index (χ0n) is 17.6. The van der Waals surface area contributed by atoms with Crippen LogP contribution in [0.2, 0.25) is 0 Å². The first-order valence-electron chi connectivity index (χ1n) is 10.1. The number of anilines is 1. The minimum atomic E-state index is -0.928. The first-order valence-corrected chi connectivity index (χ1v) is 11.0. The maximum absolute atomic E-state index is 13.8. The fraction of sp³-hybridized carbons (Fsp3) is 0.200. The molecule has 2 aromatic heterocycles. The van der Waals surface area contributed by atoms with E-state index in [9.17, 15) is 13.6 Å². The van der Waals surface area contributed by atoms with Crippen molar-refractivity contribution in [3.63, 3.8) is 0 Å². The number of thiophene rings is 1. The number of nitrogen functional groups attached to an aromatic ring is 1. The Morgan fingerprint density at radius 3 is 2.44 bits per heavy atom. The molecule has 4 aromatic rings. The number of benzene rings is 2. The quantitative estimate of drug-likeness (QED) is 0.302. The van der Waals surface area contributed by atoms with Gasteiger partial charge in [0, 0.05) is 28.8 Å². The molecule has 0 bridgehead atoms. The van der Waals surface area contributed by atoms with Crippen molar-refractivity contribution in [2.75, 3.05) is 12.3 Å². The number of esters is 1. The summed E-state index contributed by atoms with van der Waals surface area (Å²) in [7, 11) is 0. The second-order valence-corrected chi connectivity index (χ2v) is 7.89. The molecule has 9 heteroatoms. The van der Waals surface area contributed by atoms with Gasteiger partial charge in [0.2, 0.25) is 0 Å². The maximum atomic E-state index is 13.8. The molecule has 178 valence electrons. The van der Waals surface area contributed by atoms with Gasteiger partial charge >= 0.3 is 5.97 Å². The van der Waals surface area contributed by atoms with Gasteiger partial charge < -0.3 is 19.9 Å². The first kappa shape index (κ1) is 24.9. The van der Waals surface area contributed by atoms with Crippen molar-refractivity contribution in [2.45, 2.75) is 27.6 Å². The third kappa shape index (κ3) is 5.26. The molecule has 0 fully saturated rings. The van der Waals surface area contributed by atoms with Crippen LogP contribution in [0.3, 0.4) is 0 Å². The summed E-state index contributed by atoms with van der Waals surface area (Å²) in [4.78, 5) is 16.3. The number of hydrogen-bond donors (Lipinski definition) is 1. The molecule has 0 atom stereocenters. The number of pyridine rings is 1. The van der Waals surface area contributed by atoms with Crippen LogP contribution in [0.15, 0.2) is 54.0 Å². The number of nitrogens with zero attached hydrogens (tertiary/aromatic N) is 1. The zero-order valence-corrected chi connectivity index (χ0v) is 18.5. The minimum Gasteiger partial charge on any atom is -0.489 e. The Morgan fingerprint density at radius 2 is 1.74 bits per heavy atom. The molecule has 4 rings (SSSR count). The van der Waals surface area contributed by atoms with Gasteiger partial charge in [0.25, 0.3) is 0 Å². The van der Waals surface area contributed by atoms with E-state index in [-0.39, 0.29) is 32.8 Å². The van der Waals surface area contributed by atoms with Crippen molar-refractivity contribution < 1.29 is 27.8 Å². The lowest BCUT2D eigenvalue weighted by Crippen LogP contribution is -2.06. The van der Waals surface area contributed by atoms with Crippen LogP contribution in [0.1, 0.15) is 35.8 Å². The molecule has 0 saturated heterocycles. The maximum Gasteiger partial charge on any atom is 0.341 e. The van der Waals surface area contributed by atoms with Crippen LogP contribution in [-0.4, -0.2) is 17.6 Å². The van der Waals surface area contributed by atoms with Crippen molar-refractivity contribution in [2.24, 2.45) is 0 Å². The summed E-state index contributed by atoms with van der Waals surface area (Å²) < 4.78 is 44.4. The molecule has 0 spiro atoms. The number of fused-ring (bicyclic) bond motifs is 1. The van der Waals surface area contributed by atoms with Gasteiger partial charge in [-0.2, -0.15) is 0 Å². The fourth-order valence-corrected chi connectivity index (χ4v) is 4.29. The smallest absolute Gasteiger partial charge is 0.341 e. The van der Waals surface area contributed by atoms with Gasteiger partial charge in [0.05, 0.1) is 16.9 Å². The van der Waals surface area contributed by atoms with Gasteiger partial charge in [-0.15, -0.1) is 11.3 Å². The zero-order chi connectivity index (χ0) is 23.4. The van der Waals surface area contributed by atoms with Crippen molar-refractivity contribution in [1.82, 2.24) is 4.98 Å². The normalized spacial score (nSPS) is 10.6. The van der Waals surface area contributed by atoms with E-state index in [1.807, 2.05) is 5.38 Å². The third-order valence-electron chi connectivity index (χ3n) is 4.82. The van der Waals surface area contributed by atoms with Crippen LogP contribution in [0, 0.1) is 11.6 Å². The van der Waals surface area contributed by atoms with Crippen LogP contribution in [0.25, 0.3) is 10.1 Å². The van der Waals surface area contributed by atoms with Gasteiger partial charge in [-0.25, -0.2) is 18.6 Å². The van der Waals surface area contributed by atoms with Crippen LogP contribution in [0.5, 0.6) is 11.5 Å². The fourth-order valence-electron chi connectivity index (χ4n) is 3.23. The van der Waals surface area contributed by atoms with E-state index >= 15 is 0 Å². The van der Waals surface area contributed by atoms with Crippen molar-refractivity contribution >= 4 is 33.2 Å². The van der Waals surface area contributed by atoms with E-state index < -0.39 is 17.6 Å². The summed E-state index contributed by atoms with van der Waals surface area (Å²) in [5.41, 5.74) is 7.32. The van der Waals surface area contributed by atoms with E-state index in [0.29, 0.717) is 33.0 Å². The number of rotatable bonds is 8. The topological polar surface area (TPSA) is 83.7 Å². The van der Waals surface area contributed by atoms with Crippen molar-refractivity contribution in [1.29, 1.82) is 0 Å². The van der Waals surface area contributed by atoms with E-state index in [4.69, 9.17) is 19.9 Å². The molecule has 0 aliphatic rings.